The molecule has 0 bridgehead atoms. The summed E-state index contributed by atoms with van der Waals surface area (Å²) in [6.45, 7) is 4.29. The Kier molecular flexibility index (Phi) is 4.68. The molecule has 2 rings (SSSR count). The summed E-state index contributed by atoms with van der Waals surface area (Å²) in [5, 5.41) is 14.9. The van der Waals surface area contributed by atoms with Gasteiger partial charge in [0.1, 0.15) is 0 Å². The minimum absolute atomic E-state index is 0.00865. The zero-order valence-electron chi connectivity index (χ0n) is 11.4. The van der Waals surface area contributed by atoms with Crippen LogP contribution in [0.4, 0.5) is 0 Å². The van der Waals surface area contributed by atoms with Crippen LogP contribution in [0.25, 0.3) is 5.69 Å². The van der Waals surface area contributed by atoms with E-state index in [4.69, 9.17) is 11.6 Å². The molecule has 0 saturated carbocycles. The van der Waals surface area contributed by atoms with Crippen LogP contribution in [0.1, 0.15) is 26.1 Å². The standard InChI is InChI=1S/C13H16ClN5O/c1-9(2)7-13(20)15-8-12-16-17-18-19(12)11-5-3-10(14)4-6-11/h3-6,9H,7-8H2,1-2H3,(H,15,20). The number of carbonyl (C=O) groups excluding carboxylic acids is 1. The van der Waals surface area contributed by atoms with Crippen molar-refractivity contribution in [1.29, 1.82) is 0 Å². The molecule has 1 aromatic heterocycles. The van der Waals surface area contributed by atoms with Crippen LogP contribution in [0.15, 0.2) is 24.3 Å². The van der Waals surface area contributed by atoms with E-state index >= 15 is 0 Å². The zero-order valence-corrected chi connectivity index (χ0v) is 12.1. The molecule has 0 atom stereocenters. The topological polar surface area (TPSA) is 72.7 Å². The van der Waals surface area contributed by atoms with Gasteiger partial charge < -0.3 is 5.32 Å². The first kappa shape index (κ1) is 14.5. The van der Waals surface area contributed by atoms with Gasteiger partial charge >= 0.3 is 0 Å². The molecule has 0 aliphatic heterocycles. The number of hydrogen-bond acceptors (Lipinski definition) is 4. The fourth-order valence-electron chi connectivity index (χ4n) is 1.72. The van der Waals surface area contributed by atoms with Gasteiger partial charge in [0, 0.05) is 11.4 Å². The highest BCUT2D eigenvalue weighted by Gasteiger charge is 2.10. The molecule has 0 radical (unpaired) electrons. The van der Waals surface area contributed by atoms with Gasteiger partial charge in [-0.2, -0.15) is 4.68 Å². The van der Waals surface area contributed by atoms with Gasteiger partial charge in [-0.25, -0.2) is 0 Å². The maximum absolute atomic E-state index is 11.6. The molecule has 0 spiro atoms. The SMILES string of the molecule is CC(C)CC(=O)NCc1nnnn1-c1ccc(Cl)cc1. The highest BCUT2D eigenvalue weighted by Crippen LogP contribution is 2.13. The lowest BCUT2D eigenvalue weighted by atomic mass is 10.1. The normalized spacial score (nSPS) is 10.8. The van der Waals surface area contributed by atoms with E-state index in [2.05, 4.69) is 20.8 Å². The van der Waals surface area contributed by atoms with Crippen molar-refractivity contribution in [3.8, 4) is 5.69 Å². The fourth-order valence-corrected chi connectivity index (χ4v) is 1.85. The molecule has 0 aliphatic carbocycles. The van der Waals surface area contributed by atoms with E-state index in [1.165, 1.54) is 0 Å². The molecule has 2 aromatic rings. The third kappa shape index (κ3) is 3.77. The Morgan fingerprint density at radius 1 is 1.35 bits per heavy atom. The number of carbonyl (C=O) groups is 1. The smallest absolute Gasteiger partial charge is 0.220 e. The summed E-state index contributed by atoms with van der Waals surface area (Å²) in [4.78, 5) is 11.6. The summed E-state index contributed by atoms with van der Waals surface area (Å²) in [6.07, 6.45) is 0.489. The zero-order chi connectivity index (χ0) is 14.5. The van der Waals surface area contributed by atoms with E-state index < -0.39 is 0 Å². The lowest BCUT2D eigenvalue weighted by Gasteiger charge is -2.07. The second kappa shape index (κ2) is 6.47. The van der Waals surface area contributed by atoms with Crippen LogP contribution in [0, 0.1) is 5.92 Å². The molecule has 7 heteroatoms. The predicted octanol–water partition coefficient (Wildman–Crippen LogP) is 1.98. The molecule has 20 heavy (non-hydrogen) atoms. The van der Waals surface area contributed by atoms with Crippen molar-refractivity contribution in [2.24, 2.45) is 5.92 Å². The van der Waals surface area contributed by atoms with Crippen molar-refractivity contribution in [2.75, 3.05) is 0 Å². The van der Waals surface area contributed by atoms with Crippen LogP contribution in [-0.4, -0.2) is 26.1 Å². The van der Waals surface area contributed by atoms with E-state index in [1.54, 1.807) is 16.8 Å². The lowest BCUT2D eigenvalue weighted by molar-refractivity contribution is -0.122. The van der Waals surface area contributed by atoms with Crippen molar-refractivity contribution >= 4 is 17.5 Å². The molecule has 0 fully saturated rings. The lowest BCUT2D eigenvalue weighted by Crippen LogP contribution is -2.25. The van der Waals surface area contributed by atoms with Crippen molar-refractivity contribution in [3.05, 3.63) is 35.1 Å². The van der Waals surface area contributed by atoms with Crippen molar-refractivity contribution < 1.29 is 4.79 Å². The quantitative estimate of drug-likeness (QED) is 0.915. The van der Waals surface area contributed by atoms with Crippen LogP contribution in [0.5, 0.6) is 0 Å². The summed E-state index contributed by atoms with van der Waals surface area (Å²) >= 11 is 5.85. The number of hydrogen-bond donors (Lipinski definition) is 1. The minimum atomic E-state index is -0.00865. The third-order valence-corrected chi connectivity index (χ3v) is 2.89. The molecule has 0 aliphatic rings. The maximum atomic E-state index is 11.6. The molecule has 1 amide bonds. The van der Waals surface area contributed by atoms with Gasteiger partial charge in [-0.05, 0) is 40.6 Å². The summed E-state index contributed by atoms with van der Waals surface area (Å²) in [7, 11) is 0. The van der Waals surface area contributed by atoms with Gasteiger partial charge in [-0.15, -0.1) is 5.10 Å². The largest absolute Gasteiger partial charge is 0.349 e. The molecular weight excluding hydrogens is 278 g/mol. The van der Waals surface area contributed by atoms with Crippen LogP contribution < -0.4 is 5.32 Å². The average Bonchev–Trinajstić information content (AvgIpc) is 2.85. The highest BCUT2D eigenvalue weighted by atomic mass is 35.5. The Labute approximate surface area is 122 Å². The number of tetrazole rings is 1. The first-order valence-electron chi connectivity index (χ1n) is 6.36. The van der Waals surface area contributed by atoms with Gasteiger partial charge in [-0.3, -0.25) is 4.79 Å². The number of amides is 1. The fraction of sp³-hybridized carbons (Fsp3) is 0.385. The Balaban J connectivity index is 2.05. The highest BCUT2D eigenvalue weighted by molar-refractivity contribution is 6.30. The van der Waals surface area contributed by atoms with Gasteiger partial charge in [0.2, 0.25) is 5.91 Å². The molecule has 0 saturated heterocycles. The molecule has 1 heterocycles. The second-order valence-corrected chi connectivity index (χ2v) is 5.29. The van der Waals surface area contributed by atoms with E-state index in [1.807, 2.05) is 26.0 Å². The summed E-state index contributed by atoms with van der Waals surface area (Å²) < 4.78 is 1.58. The van der Waals surface area contributed by atoms with Gasteiger partial charge in [-0.1, -0.05) is 25.4 Å². The Hall–Kier alpha value is -1.95. The average molecular weight is 294 g/mol. The monoisotopic (exact) mass is 293 g/mol. The molecule has 106 valence electrons. The number of rotatable bonds is 5. The van der Waals surface area contributed by atoms with E-state index in [0.717, 1.165) is 5.69 Å². The molecule has 0 unspecified atom stereocenters. The first-order chi connectivity index (χ1) is 9.56. The van der Waals surface area contributed by atoms with Crippen molar-refractivity contribution in [1.82, 2.24) is 25.5 Å². The van der Waals surface area contributed by atoms with E-state index in [-0.39, 0.29) is 5.91 Å². The molecule has 1 aromatic carbocycles. The molecule has 6 nitrogen and oxygen atoms in total. The van der Waals surface area contributed by atoms with Crippen LogP contribution >= 0.6 is 11.6 Å². The first-order valence-corrected chi connectivity index (χ1v) is 6.74. The second-order valence-electron chi connectivity index (χ2n) is 4.86. The van der Waals surface area contributed by atoms with Crippen LogP contribution in [0.3, 0.4) is 0 Å². The molecular formula is C13H16ClN5O. The minimum Gasteiger partial charge on any atom is -0.349 e. The van der Waals surface area contributed by atoms with E-state index in [9.17, 15) is 4.79 Å². The number of nitrogens with zero attached hydrogens (tertiary/aromatic N) is 4. The summed E-state index contributed by atoms with van der Waals surface area (Å²) in [5.74, 6) is 0.886. The molecule has 1 N–H and O–H groups in total. The van der Waals surface area contributed by atoms with Crippen molar-refractivity contribution in [2.45, 2.75) is 26.8 Å². The van der Waals surface area contributed by atoms with Gasteiger partial charge in [0.05, 0.1) is 12.2 Å². The Morgan fingerprint density at radius 2 is 2.05 bits per heavy atom. The number of nitrogens with one attached hydrogen (secondary N) is 1. The Bertz CT molecular complexity index is 579. The number of aromatic nitrogens is 4. The van der Waals surface area contributed by atoms with Crippen LogP contribution in [-0.2, 0) is 11.3 Å². The number of benzene rings is 1. The summed E-state index contributed by atoms with van der Waals surface area (Å²) in [5.41, 5.74) is 0.799. The number of halogens is 1. The maximum Gasteiger partial charge on any atom is 0.220 e. The Morgan fingerprint density at radius 3 is 2.70 bits per heavy atom. The van der Waals surface area contributed by atoms with Crippen molar-refractivity contribution in [3.63, 3.8) is 0 Å². The predicted molar refractivity (Wildman–Crippen MR) is 75.5 cm³/mol. The van der Waals surface area contributed by atoms with E-state index in [0.29, 0.717) is 29.7 Å². The summed E-state index contributed by atoms with van der Waals surface area (Å²) in [6, 6.07) is 7.16. The van der Waals surface area contributed by atoms with Gasteiger partial charge in [0.25, 0.3) is 0 Å². The van der Waals surface area contributed by atoms with Crippen LogP contribution in [0.2, 0.25) is 5.02 Å². The third-order valence-electron chi connectivity index (χ3n) is 2.64. The van der Waals surface area contributed by atoms with Gasteiger partial charge in [0.15, 0.2) is 5.82 Å².